The lowest BCUT2D eigenvalue weighted by molar-refractivity contribution is -0.132. The minimum atomic E-state index is -0.00409. The number of hydrogen-bond donors (Lipinski definition) is 0. The van der Waals surface area contributed by atoms with Crippen LogP contribution in [0.15, 0.2) is 65.7 Å². The standard InChI is InChI=1S/C25H23N7O2/c1-17-14-22(32-25(28-17)26-16-27-32)29-10-12-30(13-11-29)23(33)15-31-20-8-4-2-6-18(20)24(34)19-7-3-5-9-21(19)31/h2-9,14,16H,10-13,15H2,1H3. The van der Waals surface area contributed by atoms with Crippen molar-refractivity contribution in [3.8, 4) is 0 Å². The van der Waals surface area contributed by atoms with Gasteiger partial charge in [0.05, 0.1) is 11.0 Å². The van der Waals surface area contributed by atoms with Crippen molar-refractivity contribution in [3.63, 3.8) is 0 Å². The van der Waals surface area contributed by atoms with E-state index in [-0.39, 0.29) is 17.9 Å². The lowest BCUT2D eigenvalue weighted by Crippen LogP contribution is -2.50. The fourth-order valence-electron chi connectivity index (χ4n) is 4.80. The minimum absolute atomic E-state index is 0.00409. The number of amides is 1. The SMILES string of the molecule is Cc1cc(N2CCN(C(=O)Cn3c4ccccc4c(=O)c4ccccc43)CC2)n2ncnc2n1. The second-order valence-electron chi connectivity index (χ2n) is 8.54. The Balaban J connectivity index is 1.27. The first kappa shape index (κ1) is 20.3. The number of fused-ring (bicyclic) bond motifs is 3. The molecule has 0 N–H and O–H groups in total. The average Bonchev–Trinajstić information content (AvgIpc) is 3.34. The van der Waals surface area contributed by atoms with Gasteiger partial charge in [0.1, 0.15) is 18.7 Å². The predicted octanol–water partition coefficient (Wildman–Crippen LogP) is 2.25. The van der Waals surface area contributed by atoms with E-state index >= 15 is 0 Å². The molecule has 5 aromatic rings. The molecule has 0 bridgehead atoms. The van der Waals surface area contributed by atoms with Gasteiger partial charge < -0.3 is 14.4 Å². The van der Waals surface area contributed by atoms with Crippen LogP contribution in [0, 0.1) is 6.92 Å². The van der Waals surface area contributed by atoms with Crippen LogP contribution in [0.2, 0.25) is 0 Å². The number of rotatable bonds is 3. The third kappa shape index (κ3) is 3.28. The van der Waals surface area contributed by atoms with Gasteiger partial charge >= 0.3 is 0 Å². The molecule has 0 unspecified atom stereocenters. The molecule has 1 aliphatic rings. The highest BCUT2D eigenvalue weighted by Gasteiger charge is 2.24. The zero-order valence-corrected chi connectivity index (χ0v) is 18.8. The summed E-state index contributed by atoms with van der Waals surface area (Å²) in [5.74, 6) is 1.55. The number of benzene rings is 2. The van der Waals surface area contributed by atoms with Gasteiger partial charge in [-0.05, 0) is 31.2 Å². The van der Waals surface area contributed by atoms with E-state index in [0.717, 1.165) is 22.5 Å². The highest BCUT2D eigenvalue weighted by atomic mass is 16.2. The number of aromatic nitrogens is 5. The average molecular weight is 454 g/mol. The van der Waals surface area contributed by atoms with Crippen molar-refractivity contribution in [1.29, 1.82) is 0 Å². The second kappa shape index (κ2) is 7.95. The van der Waals surface area contributed by atoms with Gasteiger partial charge in [0.25, 0.3) is 5.78 Å². The van der Waals surface area contributed by atoms with Crippen LogP contribution in [0.1, 0.15) is 5.69 Å². The molecule has 1 amide bonds. The maximum absolute atomic E-state index is 13.4. The number of aryl methyl sites for hydroxylation is 1. The number of anilines is 1. The second-order valence-corrected chi connectivity index (χ2v) is 8.54. The van der Waals surface area contributed by atoms with E-state index < -0.39 is 0 Å². The van der Waals surface area contributed by atoms with Crippen LogP contribution >= 0.6 is 0 Å². The topological polar surface area (TPSA) is 88.6 Å². The van der Waals surface area contributed by atoms with Gasteiger partial charge in [0.2, 0.25) is 5.91 Å². The fourth-order valence-corrected chi connectivity index (χ4v) is 4.80. The Hall–Kier alpha value is -4.27. The Morgan fingerprint density at radius 1 is 0.941 bits per heavy atom. The Labute approximate surface area is 194 Å². The molecule has 0 saturated carbocycles. The molecule has 34 heavy (non-hydrogen) atoms. The van der Waals surface area contributed by atoms with Crippen molar-refractivity contribution in [2.24, 2.45) is 0 Å². The molecule has 0 aliphatic carbocycles. The molecular weight excluding hydrogens is 430 g/mol. The third-order valence-electron chi connectivity index (χ3n) is 6.49. The summed E-state index contributed by atoms with van der Waals surface area (Å²) in [5, 5.41) is 5.56. The predicted molar refractivity (Wildman–Crippen MR) is 130 cm³/mol. The molecule has 9 nitrogen and oxygen atoms in total. The van der Waals surface area contributed by atoms with Gasteiger partial charge in [-0.15, -0.1) is 0 Å². The maximum atomic E-state index is 13.4. The maximum Gasteiger partial charge on any atom is 0.254 e. The number of piperazine rings is 1. The summed E-state index contributed by atoms with van der Waals surface area (Å²) in [6, 6.07) is 17.0. The zero-order valence-electron chi connectivity index (χ0n) is 18.8. The molecule has 170 valence electrons. The van der Waals surface area contributed by atoms with Crippen molar-refractivity contribution in [2.75, 3.05) is 31.1 Å². The summed E-state index contributed by atoms with van der Waals surface area (Å²) in [4.78, 5) is 39.1. The largest absolute Gasteiger partial charge is 0.353 e. The molecular formula is C25H23N7O2. The van der Waals surface area contributed by atoms with Crippen LogP contribution in [-0.2, 0) is 11.3 Å². The smallest absolute Gasteiger partial charge is 0.254 e. The Morgan fingerprint density at radius 3 is 2.26 bits per heavy atom. The Morgan fingerprint density at radius 2 is 1.59 bits per heavy atom. The lowest BCUT2D eigenvalue weighted by atomic mass is 10.1. The minimum Gasteiger partial charge on any atom is -0.353 e. The van der Waals surface area contributed by atoms with Gasteiger partial charge in [0.15, 0.2) is 5.43 Å². The van der Waals surface area contributed by atoms with E-state index in [9.17, 15) is 9.59 Å². The van der Waals surface area contributed by atoms with E-state index in [1.165, 1.54) is 6.33 Å². The number of carbonyl (C=O) groups excluding carboxylic acids is 1. The van der Waals surface area contributed by atoms with Crippen molar-refractivity contribution < 1.29 is 4.79 Å². The number of hydrogen-bond acceptors (Lipinski definition) is 6. The van der Waals surface area contributed by atoms with Crippen LogP contribution in [-0.4, -0.2) is 61.1 Å². The molecule has 1 aliphatic heterocycles. The quantitative estimate of drug-likeness (QED) is 0.390. The molecule has 0 spiro atoms. The first-order valence-electron chi connectivity index (χ1n) is 11.3. The first-order valence-corrected chi connectivity index (χ1v) is 11.3. The molecule has 2 aromatic carbocycles. The molecule has 3 aromatic heterocycles. The van der Waals surface area contributed by atoms with Crippen LogP contribution in [0.5, 0.6) is 0 Å². The summed E-state index contributed by atoms with van der Waals surface area (Å²) in [5.41, 5.74) is 2.43. The fraction of sp³-hybridized carbons (Fsp3) is 0.240. The summed E-state index contributed by atoms with van der Waals surface area (Å²) < 4.78 is 3.70. The number of para-hydroxylation sites is 2. The number of nitrogens with zero attached hydrogens (tertiary/aromatic N) is 7. The zero-order chi connectivity index (χ0) is 23.2. The van der Waals surface area contributed by atoms with Gasteiger partial charge in [-0.25, -0.2) is 4.98 Å². The van der Waals surface area contributed by atoms with Crippen molar-refractivity contribution in [2.45, 2.75) is 13.5 Å². The van der Waals surface area contributed by atoms with E-state index in [4.69, 9.17) is 0 Å². The van der Waals surface area contributed by atoms with Crippen LogP contribution in [0.4, 0.5) is 5.82 Å². The molecule has 9 heteroatoms. The highest BCUT2D eigenvalue weighted by molar-refractivity contribution is 5.94. The summed E-state index contributed by atoms with van der Waals surface area (Å²) >= 11 is 0. The third-order valence-corrected chi connectivity index (χ3v) is 6.49. The Kier molecular flexibility index (Phi) is 4.75. The Bertz CT molecular complexity index is 1550. The van der Waals surface area contributed by atoms with Crippen molar-refractivity contribution in [3.05, 3.63) is 76.8 Å². The molecule has 6 rings (SSSR count). The first-order chi connectivity index (χ1) is 16.6. The van der Waals surface area contributed by atoms with E-state index in [2.05, 4.69) is 20.0 Å². The van der Waals surface area contributed by atoms with Crippen LogP contribution in [0.3, 0.4) is 0 Å². The van der Waals surface area contributed by atoms with Gasteiger partial charge in [-0.2, -0.15) is 14.6 Å². The lowest BCUT2D eigenvalue weighted by Gasteiger charge is -2.36. The van der Waals surface area contributed by atoms with Crippen molar-refractivity contribution in [1.82, 2.24) is 29.0 Å². The monoisotopic (exact) mass is 453 g/mol. The van der Waals surface area contributed by atoms with E-state index in [1.807, 2.05) is 71.0 Å². The van der Waals surface area contributed by atoms with Gasteiger partial charge in [-0.3, -0.25) is 9.59 Å². The molecule has 1 saturated heterocycles. The van der Waals surface area contributed by atoms with E-state index in [1.54, 1.807) is 4.52 Å². The van der Waals surface area contributed by atoms with Gasteiger partial charge in [-0.1, -0.05) is 24.3 Å². The molecule has 1 fully saturated rings. The van der Waals surface area contributed by atoms with Gasteiger partial charge in [0, 0.05) is 48.7 Å². The van der Waals surface area contributed by atoms with Crippen LogP contribution in [0.25, 0.3) is 27.6 Å². The molecule has 0 radical (unpaired) electrons. The van der Waals surface area contributed by atoms with E-state index in [0.29, 0.717) is 42.7 Å². The summed E-state index contributed by atoms with van der Waals surface area (Å²) in [6.45, 7) is 4.71. The normalized spacial score (nSPS) is 14.4. The molecule has 4 heterocycles. The molecule has 0 atom stereocenters. The van der Waals surface area contributed by atoms with Crippen molar-refractivity contribution >= 4 is 39.3 Å². The number of carbonyl (C=O) groups is 1. The van der Waals surface area contributed by atoms with Crippen LogP contribution < -0.4 is 10.3 Å². The number of pyridine rings is 1. The summed E-state index contributed by atoms with van der Waals surface area (Å²) in [6.07, 6.45) is 1.50. The highest BCUT2D eigenvalue weighted by Crippen LogP contribution is 2.21. The summed E-state index contributed by atoms with van der Waals surface area (Å²) in [7, 11) is 0.